The highest BCUT2D eigenvalue weighted by Crippen LogP contribution is 2.28. The van der Waals surface area contributed by atoms with Gasteiger partial charge in [-0.3, -0.25) is 4.90 Å². The molecule has 2 aromatic rings. The Balaban J connectivity index is 1.80. The maximum Gasteiger partial charge on any atom is 0.129 e. The van der Waals surface area contributed by atoms with E-state index in [0.29, 0.717) is 11.1 Å². The molecule has 0 radical (unpaired) electrons. The van der Waals surface area contributed by atoms with Crippen molar-refractivity contribution < 1.29 is 0 Å². The molecule has 0 amide bonds. The van der Waals surface area contributed by atoms with Crippen LogP contribution in [0.5, 0.6) is 0 Å². The van der Waals surface area contributed by atoms with Crippen LogP contribution in [0.25, 0.3) is 0 Å². The summed E-state index contributed by atoms with van der Waals surface area (Å²) >= 11 is 5.98. The van der Waals surface area contributed by atoms with Crippen LogP contribution in [-0.4, -0.2) is 16.4 Å². The minimum absolute atomic E-state index is 0.436. The molecule has 1 aliphatic rings. The largest absolute Gasteiger partial charge is 0.294 e. The molecule has 19 heavy (non-hydrogen) atoms. The van der Waals surface area contributed by atoms with E-state index in [1.54, 1.807) is 0 Å². The number of halogens is 1. The van der Waals surface area contributed by atoms with Gasteiger partial charge in [0.1, 0.15) is 5.15 Å². The van der Waals surface area contributed by atoms with E-state index in [9.17, 15) is 0 Å². The van der Waals surface area contributed by atoms with Crippen LogP contribution in [0.1, 0.15) is 29.7 Å². The van der Waals surface area contributed by atoms with Crippen LogP contribution in [0.2, 0.25) is 5.15 Å². The van der Waals surface area contributed by atoms with Crippen LogP contribution in [0, 0.1) is 0 Å². The summed E-state index contributed by atoms with van der Waals surface area (Å²) in [5.74, 6) is 0.436. The first-order chi connectivity index (χ1) is 9.22. The van der Waals surface area contributed by atoms with Gasteiger partial charge in [0.25, 0.3) is 0 Å². The average molecular weight is 273 g/mol. The van der Waals surface area contributed by atoms with E-state index in [2.05, 4.69) is 53.2 Å². The maximum atomic E-state index is 5.98. The molecule has 1 unspecified atom stereocenters. The van der Waals surface area contributed by atoms with E-state index in [4.69, 9.17) is 11.6 Å². The second-order valence-electron chi connectivity index (χ2n) is 5.23. The molecule has 1 aromatic heterocycles. The summed E-state index contributed by atoms with van der Waals surface area (Å²) in [7, 11) is 0. The molecule has 0 aliphatic carbocycles. The smallest absolute Gasteiger partial charge is 0.129 e. The van der Waals surface area contributed by atoms with Crippen molar-refractivity contribution >= 4 is 11.6 Å². The molecular weight excluding hydrogens is 256 g/mol. The first kappa shape index (κ1) is 12.6. The third kappa shape index (κ3) is 2.80. The molecular formula is C16H17ClN2. The lowest BCUT2D eigenvalue weighted by Crippen LogP contribution is -2.32. The van der Waals surface area contributed by atoms with Crippen molar-refractivity contribution in [2.24, 2.45) is 0 Å². The predicted octanol–water partition coefficient (Wildman–Crippen LogP) is 3.85. The summed E-state index contributed by atoms with van der Waals surface area (Å²) in [6, 6.07) is 14.6. The average Bonchev–Trinajstić information content (AvgIpc) is 2.41. The lowest BCUT2D eigenvalue weighted by molar-refractivity contribution is 0.224. The van der Waals surface area contributed by atoms with Crippen LogP contribution in [0.4, 0.5) is 0 Å². The summed E-state index contributed by atoms with van der Waals surface area (Å²) in [5.41, 5.74) is 3.83. The Kier molecular flexibility index (Phi) is 3.54. The lowest BCUT2D eigenvalue weighted by atomic mass is 9.96. The van der Waals surface area contributed by atoms with E-state index in [0.717, 1.165) is 25.3 Å². The normalized spacial score (nSPS) is 19.2. The Morgan fingerprint density at radius 1 is 1.21 bits per heavy atom. The molecule has 1 atom stereocenters. The van der Waals surface area contributed by atoms with Gasteiger partial charge in [0.2, 0.25) is 0 Å². The Hall–Kier alpha value is -1.38. The fourth-order valence-corrected chi connectivity index (χ4v) is 2.93. The van der Waals surface area contributed by atoms with Crippen molar-refractivity contribution in [3.63, 3.8) is 0 Å². The van der Waals surface area contributed by atoms with Gasteiger partial charge in [0, 0.05) is 25.6 Å². The SMILES string of the molecule is CC1CN(Cc2ccccc2)Cc2ccc(Cl)nc21. The first-order valence-corrected chi connectivity index (χ1v) is 7.02. The van der Waals surface area contributed by atoms with Gasteiger partial charge < -0.3 is 0 Å². The number of pyridine rings is 1. The first-order valence-electron chi connectivity index (χ1n) is 6.64. The third-order valence-corrected chi connectivity index (χ3v) is 3.83. The predicted molar refractivity (Wildman–Crippen MR) is 78.2 cm³/mol. The number of fused-ring (bicyclic) bond motifs is 1. The molecule has 0 spiro atoms. The lowest BCUT2D eigenvalue weighted by Gasteiger charge is -2.32. The minimum Gasteiger partial charge on any atom is -0.294 e. The molecule has 0 saturated heterocycles. The zero-order valence-electron chi connectivity index (χ0n) is 11.0. The van der Waals surface area contributed by atoms with Gasteiger partial charge >= 0.3 is 0 Å². The Bertz CT molecular complexity index is 568. The molecule has 3 heteroatoms. The number of aromatic nitrogens is 1. The molecule has 0 fully saturated rings. The van der Waals surface area contributed by atoms with E-state index in [1.165, 1.54) is 11.1 Å². The van der Waals surface area contributed by atoms with Gasteiger partial charge in [-0.2, -0.15) is 0 Å². The van der Waals surface area contributed by atoms with Gasteiger partial charge in [-0.05, 0) is 17.2 Å². The standard InChI is InChI=1S/C16H17ClN2/c1-12-9-19(10-13-5-3-2-4-6-13)11-14-7-8-15(17)18-16(12)14/h2-8,12H,9-11H2,1H3. The molecule has 0 N–H and O–H groups in total. The Labute approximate surface area is 119 Å². The molecule has 0 bridgehead atoms. The van der Waals surface area contributed by atoms with Crippen LogP contribution in [0.15, 0.2) is 42.5 Å². The summed E-state index contributed by atoms with van der Waals surface area (Å²) in [6.07, 6.45) is 0. The van der Waals surface area contributed by atoms with Crippen molar-refractivity contribution in [1.29, 1.82) is 0 Å². The zero-order chi connectivity index (χ0) is 13.2. The molecule has 98 valence electrons. The third-order valence-electron chi connectivity index (χ3n) is 3.62. The number of hydrogen-bond donors (Lipinski definition) is 0. The van der Waals surface area contributed by atoms with Crippen LogP contribution in [0.3, 0.4) is 0 Å². The second-order valence-corrected chi connectivity index (χ2v) is 5.62. The van der Waals surface area contributed by atoms with Crippen molar-refractivity contribution in [2.45, 2.75) is 25.9 Å². The topological polar surface area (TPSA) is 16.1 Å². The molecule has 1 aliphatic heterocycles. The van der Waals surface area contributed by atoms with E-state index in [-0.39, 0.29) is 0 Å². The summed E-state index contributed by atoms with van der Waals surface area (Å²) in [4.78, 5) is 6.95. The number of hydrogen-bond acceptors (Lipinski definition) is 2. The highest BCUT2D eigenvalue weighted by molar-refractivity contribution is 6.29. The summed E-state index contributed by atoms with van der Waals surface area (Å²) in [6.45, 7) is 5.21. The Morgan fingerprint density at radius 3 is 2.79 bits per heavy atom. The fraction of sp³-hybridized carbons (Fsp3) is 0.312. The number of nitrogens with zero attached hydrogens (tertiary/aromatic N) is 2. The van der Waals surface area contributed by atoms with Crippen LogP contribution < -0.4 is 0 Å². The van der Waals surface area contributed by atoms with Gasteiger partial charge in [0.05, 0.1) is 5.69 Å². The molecule has 1 aromatic carbocycles. The minimum atomic E-state index is 0.436. The highest BCUT2D eigenvalue weighted by atomic mass is 35.5. The van der Waals surface area contributed by atoms with Gasteiger partial charge in [-0.25, -0.2) is 4.98 Å². The molecule has 3 rings (SSSR count). The highest BCUT2D eigenvalue weighted by Gasteiger charge is 2.23. The van der Waals surface area contributed by atoms with Gasteiger partial charge in [-0.15, -0.1) is 0 Å². The van der Waals surface area contributed by atoms with Gasteiger partial charge in [-0.1, -0.05) is 54.9 Å². The monoisotopic (exact) mass is 272 g/mol. The van der Waals surface area contributed by atoms with Crippen molar-refractivity contribution in [2.75, 3.05) is 6.54 Å². The van der Waals surface area contributed by atoms with Gasteiger partial charge in [0.15, 0.2) is 0 Å². The van der Waals surface area contributed by atoms with Crippen LogP contribution in [-0.2, 0) is 13.1 Å². The molecule has 2 heterocycles. The quantitative estimate of drug-likeness (QED) is 0.772. The summed E-state index contributed by atoms with van der Waals surface area (Å²) < 4.78 is 0. The molecule has 0 saturated carbocycles. The number of rotatable bonds is 2. The Morgan fingerprint density at radius 2 is 2.00 bits per heavy atom. The van der Waals surface area contributed by atoms with E-state index in [1.807, 2.05) is 6.07 Å². The van der Waals surface area contributed by atoms with E-state index >= 15 is 0 Å². The van der Waals surface area contributed by atoms with Crippen molar-refractivity contribution in [3.8, 4) is 0 Å². The zero-order valence-corrected chi connectivity index (χ0v) is 11.8. The van der Waals surface area contributed by atoms with Crippen molar-refractivity contribution in [1.82, 2.24) is 9.88 Å². The molecule has 2 nitrogen and oxygen atoms in total. The summed E-state index contributed by atoms with van der Waals surface area (Å²) in [5, 5.41) is 0.599. The van der Waals surface area contributed by atoms with Crippen molar-refractivity contribution in [3.05, 3.63) is 64.4 Å². The van der Waals surface area contributed by atoms with E-state index < -0.39 is 0 Å². The second kappa shape index (κ2) is 5.32. The van der Waals surface area contributed by atoms with Crippen LogP contribution >= 0.6 is 11.6 Å². The number of benzene rings is 1. The fourth-order valence-electron chi connectivity index (χ4n) is 2.78. The maximum absolute atomic E-state index is 5.98.